The zero-order valence-electron chi connectivity index (χ0n) is 17.0. The Kier molecular flexibility index (Phi) is 15.4. The van der Waals surface area contributed by atoms with Crippen LogP contribution in [0.4, 0.5) is 0 Å². The van der Waals surface area contributed by atoms with Gasteiger partial charge in [0.25, 0.3) is 0 Å². The van der Waals surface area contributed by atoms with Crippen molar-refractivity contribution >= 4 is 5.96 Å². The number of ether oxygens (including phenoxy) is 3. The standard InChI is InChI=1S/C21H37N3O3/c1-3-4-14-26-18-19-27-17-13-24-21(22-2)23-12-8-15-25-16-11-20-9-6-5-7-10-20/h5-7,9-10H,3-4,8,11-19H2,1-2H3,(H2,22,23,24). The van der Waals surface area contributed by atoms with Crippen LogP contribution in [0.25, 0.3) is 0 Å². The second-order valence-corrected chi connectivity index (χ2v) is 6.21. The zero-order valence-corrected chi connectivity index (χ0v) is 17.0. The topological polar surface area (TPSA) is 64.1 Å². The number of rotatable bonds is 16. The summed E-state index contributed by atoms with van der Waals surface area (Å²) >= 11 is 0. The monoisotopic (exact) mass is 379 g/mol. The first-order valence-electron chi connectivity index (χ1n) is 10.1. The highest BCUT2D eigenvalue weighted by molar-refractivity contribution is 5.79. The second-order valence-electron chi connectivity index (χ2n) is 6.21. The van der Waals surface area contributed by atoms with Crippen LogP contribution in [0.5, 0.6) is 0 Å². The van der Waals surface area contributed by atoms with E-state index in [0.717, 1.165) is 64.6 Å². The number of guanidine groups is 1. The van der Waals surface area contributed by atoms with E-state index in [0.29, 0.717) is 19.8 Å². The summed E-state index contributed by atoms with van der Waals surface area (Å²) in [5.74, 6) is 0.794. The lowest BCUT2D eigenvalue weighted by Gasteiger charge is -2.12. The normalized spacial score (nSPS) is 11.6. The molecule has 1 aromatic carbocycles. The Morgan fingerprint density at radius 3 is 2.22 bits per heavy atom. The van der Waals surface area contributed by atoms with Crippen molar-refractivity contribution in [2.24, 2.45) is 4.99 Å². The van der Waals surface area contributed by atoms with Crippen molar-refractivity contribution in [1.29, 1.82) is 0 Å². The van der Waals surface area contributed by atoms with Crippen molar-refractivity contribution in [3.8, 4) is 0 Å². The van der Waals surface area contributed by atoms with Crippen LogP contribution >= 0.6 is 0 Å². The molecule has 6 nitrogen and oxygen atoms in total. The lowest BCUT2D eigenvalue weighted by Crippen LogP contribution is -2.39. The maximum atomic E-state index is 5.68. The molecule has 154 valence electrons. The van der Waals surface area contributed by atoms with Crippen LogP contribution in [0.15, 0.2) is 35.3 Å². The zero-order chi connectivity index (χ0) is 19.4. The smallest absolute Gasteiger partial charge is 0.191 e. The number of nitrogens with one attached hydrogen (secondary N) is 2. The molecule has 0 aliphatic rings. The van der Waals surface area contributed by atoms with Gasteiger partial charge in [0, 0.05) is 33.4 Å². The number of aliphatic imine (C=N–C) groups is 1. The summed E-state index contributed by atoms with van der Waals surface area (Å²) < 4.78 is 16.7. The number of hydrogen-bond acceptors (Lipinski definition) is 4. The third-order valence-corrected chi connectivity index (χ3v) is 3.91. The molecule has 1 aromatic rings. The molecule has 0 saturated carbocycles. The minimum Gasteiger partial charge on any atom is -0.381 e. The minimum absolute atomic E-state index is 0.637. The Balaban J connectivity index is 1.88. The van der Waals surface area contributed by atoms with Gasteiger partial charge in [0.15, 0.2) is 5.96 Å². The van der Waals surface area contributed by atoms with E-state index < -0.39 is 0 Å². The predicted octanol–water partition coefficient (Wildman–Crippen LogP) is 2.63. The average Bonchev–Trinajstić information content (AvgIpc) is 2.71. The predicted molar refractivity (Wildman–Crippen MR) is 111 cm³/mol. The van der Waals surface area contributed by atoms with Gasteiger partial charge in [0.2, 0.25) is 0 Å². The van der Waals surface area contributed by atoms with E-state index in [2.05, 4.69) is 46.8 Å². The lowest BCUT2D eigenvalue weighted by atomic mass is 10.2. The number of unbranched alkanes of at least 4 members (excludes halogenated alkanes) is 1. The molecule has 0 spiro atoms. The maximum absolute atomic E-state index is 5.68. The highest BCUT2D eigenvalue weighted by Gasteiger charge is 1.97. The van der Waals surface area contributed by atoms with E-state index in [1.807, 2.05) is 6.07 Å². The van der Waals surface area contributed by atoms with Gasteiger partial charge in [-0.05, 0) is 24.8 Å². The van der Waals surface area contributed by atoms with Gasteiger partial charge in [0.05, 0.1) is 26.4 Å². The van der Waals surface area contributed by atoms with Crippen molar-refractivity contribution < 1.29 is 14.2 Å². The molecule has 1 rings (SSSR count). The molecule has 0 unspecified atom stereocenters. The van der Waals surface area contributed by atoms with Gasteiger partial charge in [-0.3, -0.25) is 4.99 Å². The van der Waals surface area contributed by atoms with E-state index in [1.54, 1.807) is 7.05 Å². The average molecular weight is 380 g/mol. The summed E-state index contributed by atoms with van der Waals surface area (Å²) in [6.45, 7) is 7.99. The molecule has 0 aliphatic carbocycles. The Labute approximate surface area is 164 Å². The highest BCUT2D eigenvalue weighted by atomic mass is 16.5. The molecule has 0 amide bonds. The van der Waals surface area contributed by atoms with E-state index in [-0.39, 0.29) is 0 Å². The van der Waals surface area contributed by atoms with Gasteiger partial charge < -0.3 is 24.8 Å². The number of nitrogens with zero attached hydrogens (tertiary/aromatic N) is 1. The summed E-state index contributed by atoms with van der Waals surface area (Å²) in [6.07, 6.45) is 4.18. The van der Waals surface area contributed by atoms with Gasteiger partial charge in [-0.2, -0.15) is 0 Å². The summed E-state index contributed by atoms with van der Waals surface area (Å²) in [5.41, 5.74) is 1.31. The van der Waals surface area contributed by atoms with Crippen molar-refractivity contribution in [2.75, 3.05) is 59.8 Å². The molecular formula is C21H37N3O3. The fourth-order valence-electron chi connectivity index (χ4n) is 2.35. The molecular weight excluding hydrogens is 342 g/mol. The van der Waals surface area contributed by atoms with Crippen LogP contribution in [-0.2, 0) is 20.6 Å². The summed E-state index contributed by atoms with van der Waals surface area (Å²) in [7, 11) is 1.77. The quantitative estimate of drug-likeness (QED) is 0.263. The largest absolute Gasteiger partial charge is 0.381 e. The molecule has 0 bridgehead atoms. The number of benzene rings is 1. The maximum Gasteiger partial charge on any atom is 0.191 e. The molecule has 0 fully saturated rings. The van der Waals surface area contributed by atoms with Gasteiger partial charge in [-0.25, -0.2) is 0 Å². The highest BCUT2D eigenvalue weighted by Crippen LogP contribution is 1.99. The summed E-state index contributed by atoms with van der Waals surface area (Å²) in [6, 6.07) is 10.4. The van der Waals surface area contributed by atoms with E-state index in [9.17, 15) is 0 Å². The molecule has 0 heterocycles. The van der Waals surface area contributed by atoms with Crippen molar-refractivity contribution in [2.45, 2.75) is 32.6 Å². The fourth-order valence-corrected chi connectivity index (χ4v) is 2.35. The van der Waals surface area contributed by atoms with Gasteiger partial charge in [-0.15, -0.1) is 0 Å². The van der Waals surface area contributed by atoms with Crippen LogP contribution in [0.2, 0.25) is 0 Å². The minimum atomic E-state index is 0.637. The van der Waals surface area contributed by atoms with E-state index >= 15 is 0 Å². The molecule has 0 atom stereocenters. The van der Waals surface area contributed by atoms with Crippen LogP contribution in [-0.4, -0.2) is 65.7 Å². The van der Waals surface area contributed by atoms with Crippen LogP contribution in [0, 0.1) is 0 Å². The third-order valence-electron chi connectivity index (χ3n) is 3.91. The molecule has 0 saturated heterocycles. The SMILES string of the molecule is CCCCOCCOCCNC(=NC)NCCCOCCc1ccccc1. The molecule has 6 heteroatoms. The first-order chi connectivity index (χ1) is 13.4. The number of hydrogen-bond donors (Lipinski definition) is 2. The molecule has 0 aliphatic heterocycles. The first kappa shape index (κ1) is 23.4. The molecule has 0 aromatic heterocycles. The Morgan fingerprint density at radius 2 is 1.48 bits per heavy atom. The molecule has 2 N–H and O–H groups in total. The van der Waals surface area contributed by atoms with E-state index in [1.165, 1.54) is 5.56 Å². The van der Waals surface area contributed by atoms with Gasteiger partial charge in [0.1, 0.15) is 0 Å². The second kappa shape index (κ2) is 17.8. The Bertz CT molecular complexity index is 469. The molecule has 0 radical (unpaired) electrons. The van der Waals surface area contributed by atoms with Crippen molar-refractivity contribution in [3.63, 3.8) is 0 Å². The summed E-state index contributed by atoms with van der Waals surface area (Å²) in [5, 5.41) is 6.52. The van der Waals surface area contributed by atoms with E-state index in [4.69, 9.17) is 14.2 Å². The van der Waals surface area contributed by atoms with Crippen molar-refractivity contribution in [1.82, 2.24) is 10.6 Å². The Morgan fingerprint density at radius 1 is 0.815 bits per heavy atom. The fraction of sp³-hybridized carbons (Fsp3) is 0.667. The van der Waals surface area contributed by atoms with Crippen LogP contribution < -0.4 is 10.6 Å². The third kappa shape index (κ3) is 14.1. The lowest BCUT2D eigenvalue weighted by molar-refractivity contribution is 0.0487. The van der Waals surface area contributed by atoms with Gasteiger partial charge in [-0.1, -0.05) is 43.7 Å². The Hall–Kier alpha value is -1.63. The van der Waals surface area contributed by atoms with Crippen LogP contribution in [0.1, 0.15) is 31.7 Å². The van der Waals surface area contributed by atoms with Crippen LogP contribution in [0.3, 0.4) is 0 Å². The first-order valence-corrected chi connectivity index (χ1v) is 10.1. The van der Waals surface area contributed by atoms with Crippen molar-refractivity contribution in [3.05, 3.63) is 35.9 Å². The molecule has 27 heavy (non-hydrogen) atoms. The summed E-state index contributed by atoms with van der Waals surface area (Å²) in [4.78, 5) is 4.20. The van der Waals surface area contributed by atoms with Gasteiger partial charge >= 0.3 is 0 Å².